The minimum Gasteiger partial charge on any atom is -0.457 e. The van der Waals surface area contributed by atoms with Crippen LogP contribution in [0.2, 0.25) is 0 Å². The summed E-state index contributed by atoms with van der Waals surface area (Å²) in [4.78, 5) is 0. The van der Waals surface area contributed by atoms with Crippen molar-refractivity contribution in [3.8, 4) is 44.9 Å². The first kappa shape index (κ1) is 16.8. The Morgan fingerprint density at radius 2 is 0.860 bits per heavy atom. The van der Waals surface area contributed by atoms with Gasteiger partial charge in [0.2, 0.25) is 0 Å². The summed E-state index contributed by atoms with van der Waals surface area (Å²) in [6, 6.07) is 19.2. The van der Waals surface area contributed by atoms with Crippen molar-refractivity contribution in [3.63, 3.8) is 0 Å². The molecule has 1 aliphatic carbocycles. The van der Waals surface area contributed by atoms with Crippen molar-refractivity contribution < 1.29 is 25.3 Å². The fourth-order valence-corrected chi connectivity index (χ4v) is 7.85. The first-order valence-electron chi connectivity index (χ1n) is 23.6. The second-order valence-electron chi connectivity index (χ2n) is 12.4. The van der Waals surface area contributed by atoms with Gasteiger partial charge in [0, 0.05) is 11.1 Å². The van der Waals surface area contributed by atoms with Crippen LogP contribution in [0.4, 0.5) is 0 Å². The van der Waals surface area contributed by atoms with Crippen LogP contribution in [0.25, 0.3) is 65.7 Å². The Morgan fingerprint density at radius 1 is 0.380 bits per heavy atom. The normalized spacial score (nSPS) is 17.7. The van der Waals surface area contributed by atoms with Gasteiger partial charge in [-0.05, 0) is 95.0 Å². The summed E-state index contributed by atoms with van der Waals surface area (Å²) in [6.45, 7) is 0. The third-order valence-corrected chi connectivity index (χ3v) is 10.0. The summed E-state index contributed by atoms with van der Waals surface area (Å²) in [5.74, 6) is -1.04. The molecule has 11 rings (SSSR count). The van der Waals surface area contributed by atoms with Gasteiger partial charge in [-0.15, -0.1) is 0 Å². The van der Waals surface area contributed by atoms with Gasteiger partial charge in [0.05, 0.1) is 26.0 Å². The molecule has 0 saturated heterocycles. The minimum absolute atomic E-state index is 0.0842. The molecule has 9 aromatic rings. The molecule has 232 valence electrons. The van der Waals surface area contributed by atoms with E-state index in [1.165, 1.54) is 0 Å². The van der Waals surface area contributed by atoms with Crippen LogP contribution in [0.15, 0.2) is 182 Å². The number of rotatable bonds is 2. The number of hydrogen-bond donors (Lipinski definition) is 0. The summed E-state index contributed by atoms with van der Waals surface area (Å²) in [7, 11) is 0. The van der Waals surface area contributed by atoms with E-state index in [4.69, 9.17) is 17.1 Å². The average molecular weight is 650 g/mol. The fraction of sp³-hybridized carbons (Fsp3) is 0.0204. The SMILES string of the molecule is [2H]c1c([2H])c([2H])c2c(c1[2H])Oc1c([2H])c(-c3ccc(-c4ccc5c6ccccc6c6ccccc6c5c4)cc3)c([2H])c([2H])c1C21c2c([2H])c([2H])c([2H])c([2H])c2-c2c([2H])c([2H])c([2H])c([2H])c21. The molecule has 2 aliphatic rings. The van der Waals surface area contributed by atoms with E-state index in [9.17, 15) is 8.22 Å². The Kier molecular flexibility index (Phi) is 3.45. The maximum atomic E-state index is 9.78. The maximum absolute atomic E-state index is 9.78. The molecule has 9 aromatic carbocycles. The van der Waals surface area contributed by atoms with Crippen molar-refractivity contribution in [2.24, 2.45) is 0 Å². The molecular weight excluding hydrogens is 605 g/mol. The standard InChI is InChI=1S/C49H30O/c1-2-13-37-35(11-1)36-12-3-4-14-38(36)42-29-33(25-27-39(37)42)31-21-23-32(24-22-31)34-26-28-46-48(30-34)50-47-20-10-9-19-45(47)49(46)43-17-7-5-15-40(43)41-16-6-8-18-44(41)49/h1-30H/i5D,6D,7D,8D,9D,10D,15D,16D,17D,18D,19D,20D,26D,28D,30D. The molecule has 1 nitrogen and oxygen atoms in total. The number of benzene rings is 9. The number of fused-ring (bicyclic) bond motifs is 15. The van der Waals surface area contributed by atoms with Crippen molar-refractivity contribution in [3.05, 3.63) is 204 Å². The van der Waals surface area contributed by atoms with Gasteiger partial charge in [0.1, 0.15) is 11.5 Å². The van der Waals surface area contributed by atoms with E-state index in [0.717, 1.165) is 43.4 Å². The number of hydrogen-bond acceptors (Lipinski definition) is 1. The lowest BCUT2D eigenvalue weighted by Crippen LogP contribution is -2.32. The van der Waals surface area contributed by atoms with Crippen LogP contribution < -0.4 is 4.74 Å². The molecule has 0 aromatic heterocycles. The van der Waals surface area contributed by atoms with Crippen LogP contribution in [0.1, 0.15) is 42.8 Å². The van der Waals surface area contributed by atoms with Gasteiger partial charge < -0.3 is 4.74 Å². The molecule has 1 heterocycles. The predicted molar refractivity (Wildman–Crippen MR) is 207 cm³/mol. The molecule has 0 N–H and O–H groups in total. The molecule has 0 atom stereocenters. The van der Waals surface area contributed by atoms with E-state index in [1.54, 1.807) is 12.1 Å². The first-order chi connectivity index (χ1) is 31.0. The second kappa shape index (κ2) is 10.3. The van der Waals surface area contributed by atoms with Crippen molar-refractivity contribution in [2.45, 2.75) is 5.41 Å². The molecule has 0 bridgehead atoms. The van der Waals surface area contributed by atoms with E-state index in [-0.39, 0.29) is 16.7 Å². The smallest absolute Gasteiger partial charge is 0.132 e. The zero-order valence-corrected chi connectivity index (χ0v) is 26.1. The van der Waals surface area contributed by atoms with Crippen molar-refractivity contribution >= 4 is 32.3 Å². The van der Waals surface area contributed by atoms with E-state index in [2.05, 4.69) is 36.4 Å². The highest BCUT2D eigenvalue weighted by molar-refractivity contribution is 6.25. The molecule has 0 fully saturated rings. The monoisotopic (exact) mass is 649 g/mol. The summed E-state index contributed by atoms with van der Waals surface area (Å²) in [5, 5.41) is 6.65. The third kappa shape index (κ3) is 3.67. The van der Waals surface area contributed by atoms with Crippen molar-refractivity contribution in [1.82, 2.24) is 0 Å². The van der Waals surface area contributed by atoms with Crippen LogP contribution in [0.5, 0.6) is 11.5 Å². The Bertz CT molecular complexity index is 3590. The van der Waals surface area contributed by atoms with E-state index in [0.29, 0.717) is 5.56 Å². The molecule has 0 radical (unpaired) electrons. The molecule has 0 unspecified atom stereocenters. The summed E-state index contributed by atoms with van der Waals surface area (Å²) in [6.07, 6.45) is 0. The first-order valence-corrected chi connectivity index (χ1v) is 16.1. The lowest BCUT2D eigenvalue weighted by Gasteiger charge is -2.39. The molecular formula is C49H30O. The highest BCUT2D eigenvalue weighted by Crippen LogP contribution is 2.62. The Balaban J connectivity index is 1.19. The predicted octanol–water partition coefficient (Wildman–Crippen LogP) is 12.9. The van der Waals surface area contributed by atoms with Crippen LogP contribution in [-0.2, 0) is 5.41 Å². The van der Waals surface area contributed by atoms with Gasteiger partial charge >= 0.3 is 0 Å². The highest BCUT2D eigenvalue weighted by Gasteiger charge is 2.50. The number of para-hydroxylation sites is 1. The Labute approximate surface area is 311 Å². The average Bonchev–Trinajstić information content (AvgIpc) is 3.63. The summed E-state index contributed by atoms with van der Waals surface area (Å²) in [5.41, 5.74) is -3.05. The molecule has 1 aliphatic heterocycles. The van der Waals surface area contributed by atoms with Gasteiger partial charge in [-0.1, -0.05) is 163 Å². The van der Waals surface area contributed by atoms with Crippen LogP contribution in [0, 0.1) is 0 Å². The highest BCUT2D eigenvalue weighted by atomic mass is 16.5. The van der Waals surface area contributed by atoms with Crippen molar-refractivity contribution in [1.29, 1.82) is 0 Å². The zero-order chi connectivity index (χ0) is 45.9. The van der Waals surface area contributed by atoms with E-state index < -0.39 is 130 Å². The Hall–Kier alpha value is -6.44. The molecule has 1 spiro atoms. The Morgan fingerprint density at radius 3 is 1.50 bits per heavy atom. The van der Waals surface area contributed by atoms with E-state index >= 15 is 0 Å². The lowest BCUT2D eigenvalue weighted by atomic mass is 9.66. The molecule has 1 heteroatoms. The largest absolute Gasteiger partial charge is 0.457 e. The van der Waals surface area contributed by atoms with Gasteiger partial charge in [0.25, 0.3) is 0 Å². The van der Waals surface area contributed by atoms with Gasteiger partial charge in [-0.25, -0.2) is 0 Å². The van der Waals surface area contributed by atoms with Crippen LogP contribution in [-0.4, -0.2) is 0 Å². The number of ether oxygens (including phenoxy) is 1. The minimum atomic E-state index is -2.53. The molecule has 0 amide bonds. The van der Waals surface area contributed by atoms with Gasteiger partial charge in [-0.3, -0.25) is 0 Å². The third-order valence-electron chi connectivity index (χ3n) is 10.0. The maximum Gasteiger partial charge on any atom is 0.132 e. The summed E-state index contributed by atoms with van der Waals surface area (Å²) >= 11 is 0. The zero-order valence-electron chi connectivity index (χ0n) is 41.1. The molecule has 0 saturated carbocycles. The molecule has 50 heavy (non-hydrogen) atoms. The second-order valence-corrected chi connectivity index (χ2v) is 12.4. The summed E-state index contributed by atoms with van der Waals surface area (Å²) < 4.78 is 143. The quantitative estimate of drug-likeness (QED) is 0.169. The fourth-order valence-electron chi connectivity index (χ4n) is 7.85. The lowest BCUT2D eigenvalue weighted by molar-refractivity contribution is 0.436. The topological polar surface area (TPSA) is 9.23 Å². The van der Waals surface area contributed by atoms with Gasteiger partial charge in [-0.2, -0.15) is 0 Å². The van der Waals surface area contributed by atoms with Gasteiger partial charge in [0.15, 0.2) is 0 Å². The van der Waals surface area contributed by atoms with Crippen LogP contribution in [0.3, 0.4) is 0 Å². The van der Waals surface area contributed by atoms with E-state index in [1.807, 2.05) is 42.5 Å². The van der Waals surface area contributed by atoms with Crippen LogP contribution >= 0.6 is 0 Å². The van der Waals surface area contributed by atoms with Crippen molar-refractivity contribution in [2.75, 3.05) is 0 Å².